The second kappa shape index (κ2) is 12.8. The van der Waals surface area contributed by atoms with Crippen LogP contribution in [-0.4, -0.2) is 67.3 Å². The Hall–Kier alpha value is -5.52. The van der Waals surface area contributed by atoms with Crippen LogP contribution in [0.15, 0.2) is 91.6 Å². The van der Waals surface area contributed by atoms with Crippen LogP contribution in [0.3, 0.4) is 0 Å². The third-order valence-corrected chi connectivity index (χ3v) is 7.65. The molecule has 0 radical (unpaired) electrons. The van der Waals surface area contributed by atoms with Gasteiger partial charge in [0.2, 0.25) is 0 Å². The van der Waals surface area contributed by atoms with Crippen LogP contribution in [0.4, 0.5) is 4.39 Å². The Morgan fingerprint density at radius 1 is 0.848 bits per heavy atom. The number of benzene rings is 2. The molecular weight excluding hydrogens is 581 g/mol. The Morgan fingerprint density at radius 3 is 2.57 bits per heavy atom. The summed E-state index contributed by atoms with van der Waals surface area (Å²) in [5, 5.41) is 12.0. The van der Waals surface area contributed by atoms with Crippen LogP contribution >= 0.6 is 0 Å². The zero-order valence-electron chi connectivity index (χ0n) is 25.5. The maximum absolute atomic E-state index is 14.7. The molecule has 0 aliphatic rings. The van der Waals surface area contributed by atoms with Gasteiger partial charge < -0.3 is 19.9 Å². The monoisotopic (exact) mass is 613 g/mol. The number of likely N-dealkylation sites (N-methyl/N-ethyl adjacent to an activating group) is 1. The van der Waals surface area contributed by atoms with E-state index in [1.165, 1.54) is 17.7 Å². The highest BCUT2D eigenvalue weighted by atomic mass is 19.1. The van der Waals surface area contributed by atoms with Gasteiger partial charge in [-0.25, -0.2) is 9.37 Å². The first-order valence-electron chi connectivity index (χ1n) is 15.0. The van der Waals surface area contributed by atoms with Crippen molar-refractivity contribution in [3.63, 3.8) is 0 Å². The van der Waals surface area contributed by atoms with Crippen LogP contribution in [-0.2, 0) is 13.1 Å². The molecule has 0 spiro atoms. The standard InChI is InChI=1S/C35H32FN9O/c1-45(2)8-9-46-27-12-24(11-26(36)13-27)29-19-39-20-32-33(29)42-35(41-32)34-28-14-30(40-21-31(28)43-44-34)25-10-23(17-38-18-25)16-37-15-22-6-4-3-5-7-22/h3-7,10-14,17-21,37H,8-9,15-16H2,1-2H3,(H,41,42)(H,43,44). The van der Waals surface area contributed by atoms with Gasteiger partial charge >= 0.3 is 0 Å². The summed E-state index contributed by atoms with van der Waals surface area (Å²) in [6.45, 7) is 2.61. The molecule has 230 valence electrons. The van der Waals surface area contributed by atoms with E-state index >= 15 is 0 Å². The molecule has 0 fully saturated rings. The lowest BCUT2D eigenvalue weighted by Gasteiger charge is -2.12. The second-order valence-corrected chi connectivity index (χ2v) is 11.4. The van der Waals surface area contributed by atoms with Gasteiger partial charge in [0.05, 0.1) is 34.6 Å². The number of halogens is 1. The Morgan fingerprint density at radius 2 is 1.70 bits per heavy atom. The van der Waals surface area contributed by atoms with E-state index in [0.717, 1.165) is 34.3 Å². The van der Waals surface area contributed by atoms with Crippen LogP contribution in [0.5, 0.6) is 5.75 Å². The number of nitrogens with zero attached hydrogens (tertiary/aromatic N) is 6. The zero-order chi connectivity index (χ0) is 31.5. The predicted molar refractivity (Wildman–Crippen MR) is 176 cm³/mol. The highest BCUT2D eigenvalue weighted by Gasteiger charge is 2.17. The first-order valence-corrected chi connectivity index (χ1v) is 15.0. The molecule has 0 aliphatic carbocycles. The van der Waals surface area contributed by atoms with E-state index in [1.54, 1.807) is 18.6 Å². The van der Waals surface area contributed by atoms with Crippen LogP contribution < -0.4 is 10.1 Å². The third-order valence-electron chi connectivity index (χ3n) is 7.65. The SMILES string of the molecule is CN(C)CCOc1cc(F)cc(-c2cncc3[nH]c(-c4n[nH]c5cnc(-c6cncc(CNCc7ccccc7)c6)cc45)nc23)c1. The van der Waals surface area contributed by atoms with Gasteiger partial charge in [-0.1, -0.05) is 30.3 Å². The predicted octanol–water partition coefficient (Wildman–Crippen LogP) is 5.99. The lowest BCUT2D eigenvalue weighted by molar-refractivity contribution is 0.260. The molecule has 0 atom stereocenters. The fourth-order valence-electron chi connectivity index (χ4n) is 5.33. The summed E-state index contributed by atoms with van der Waals surface area (Å²) < 4.78 is 20.5. The van der Waals surface area contributed by atoms with E-state index < -0.39 is 5.82 Å². The molecule has 0 amide bonds. The minimum Gasteiger partial charge on any atom is -0.492 e. The molecule has 11 heteroatoms. The van der Waals surface area contributed by atoms with Gasteiger partial charge in [0.15, 0.2) is 5.82 Å². The number of hydrogen-bond acceptors (Lipinski definition) is 8. The maximum Gasteiger partial charge on any atom is 0.159 e. The summed E-state index contributed by atoms with van der Waals surface area (Å²) in [5.41, 5.74) is 8.04. The summed E-state index contributed by atoms with van der Waals surface area (Å²) in [6, 6.07) is 19.0. The molecule has 3 N–H and O–H groups in total. The Bertz CT molecular complexity index is 2120. The van der Waals surface area contributed by atoms with Gasteiger partial charge in [-0.05, 0) is 55.1 Å². The third kappa shape index (κ3) is 6.32. The van der Waals surface area contributed by atoms with E-state index in [2.05, 4.69) is 53.6 Å². The molecule has 10 nitrogen and oxygen atoms in total. The van der Waals surface area contributed by atoms with Gasteiger partial charge in [-0.3, -0.25) is 20.1 Å². The first kappa shape index (κ1) is 29.2. The van der Waals surface area contributed by atoms with Crippen molar-refractivity contribution in [2.45, 2.75) is 13.1 Å². The molecule has 0 bridgehead atoms. The number of pyridine rings is 3. The molecule has 2 aromatic carbocycles. The van der Waals surface area contributed by atoms with Crippen LogP contribution in [0.2, 0.25) is 0 Å². The lowest BCUT2D eigenvalue weighted by Crippen LogP contribution is -2.19. The summed E-state index contributed by atoms with van der Waals surface area (Å²) in [7, 11) is 3.92. The van der Waals surface area contributed by atoms with Gasteiger partial charge in [0.25, 0.3) is 0 Å². The first-order chi connectivity index (χ1) is 22.5. The number of hydrogen-bond donors (Lipinski definition) is 3. The average molecular weight is 614 g/mol. The zero-order valence-corrected chi connectivity index (χ0v) is 25.5. The molecule has 46 heavy (non-hydrogen) atoms. The van der Waals surface area contributed by atoms with Crippen LogP contribution in [0.25, 0.3) is 55.8 Å². The minimum atomic E-state index is -0.394. The summed E-state index contributed by atoms with van der Waals surface area (Å²) in [6.07, 6.45) is 8.83. The van der Waals surface area contributed by atoms with Crippen molar-refractivity contribution < 1.29 is 9.13 Å². The highest BCUT2D eigenvalue weighted by Crippen LogP contribution is 2.33. The van der Waals surface area contributed by atoms with Crippen molar-refractivity contribution in [1.82, 2.24) is 45.3 Å². The highest BCUT2D eigenvalue weighted by molar-refractivity contribution is 5.97. The fourth-order valence-corrected chi connectivity index (χ4v) is 5.33. The number of fused-ring (bicyclic) bond motifs is 2. The van der Waals surface area contributed by atoms with E-state index in [1.807, 2.05) is 61.7 Å². The quantitative estimate of drug-likeness (QED) is 0.163. The number of rotatable bonds is 11. The Balaban J connectivity index is 1.17. The molecule has 0 saturated carbocycles. The largest absolute Gasteiger partial charge is 0.492 e. The molecule has 7 aromatic rings. The van der Waals surface area contributed by atoms with Gasteiger partial charge in [-0.15, -0.1) is 0 Å². The molecule has 0 unspecified atom stereocenters. The molecule has 0 saturated heterocycles. The van der Waals surface area contributed by atoms with E-state index in [9.17, 15) is 4.39 Å². The van der Waals surface area contributed by atoms with E-state index in [-0.39, 0.29) is 0 Å². The van der Waals surface area contributed by atoms with Crippen molar-refractivity contribution in [2.24, 2.45) is 0 Å². The normalized spacial score (nSPS) is 11.6. The number of ether oxygens (including phenoxy) is 1. The number of nitrogens with one attached hydrogen (secondary N) is 3. The molecule has 5 aromatic heterocycles. The van der Waals surface area contributed by atoms with Crippen molar-refractivity contribution >= 4 is 21.9 Å². The maximum atomic E-state index is 14.7. The topological polar surface area (TPSA) is 121 Å². The minimum absolute atomic E-state index is 0.394. The molecule has 7 rings (SSSR count). The van der Waals surface area contributed by atoms with Gasteiger partial charge in [0.1, 0.15) is 23.9 Å². The van der Waals surface area contributed by atoms with Crippen molar-refractivity contribution in [2.75, 3.05) is 27.2 Å². The average Bonchev–Trinajstić information content (AvgIpc) is 3.69. The molecule has 0 aliphatic heterocycles. The number of aromatic amines is 2. The van der Waals surface area contributed by atoms with Crippen LogP contribution in [0.1, 0.15) is 11.1 Å². The van der Waals surface area contributed by atoms with Crippen molar-refractivity contribution in [1.29, 1.82) is 0 Å². The Kier molecular flexibility index (Phi) is 8.15. The van der Waals surface area contributed by atoms with Gasteiger partial charge in [-0.2, -0.15) is 5.10 Å². The summed E-state index contributed by atoms with van der Waals surface area (Å²) in [4.78, 5) is 23.8. The van der Waals surface area contributed by atoms with Crippen LogP contribution in [0, 0.1) is 5.82 Å². The van der Waals surface area contributed by atoms with Gasteiger partial charge in [0, 0.05) is 60.8 Å². The molecule has 5 heterocycles. The summed E-state index contributed by atoms with van der Waals surface area (Å²) in [5.74, 6) is 0.617. The number of aromatic nitrogens is 7. The lowest BCUT2D eigenvalue weighted by atomic mass is 10.1. The van der Waals surface area contributed by atoms with E-state index in [0.29, 0.717) is 59.1 Å². The van der Waals surface area contributed by atoms with E-state index in [4.69, 9.17) is 9.72 Å². The molecular formula is C35H32FN9O. The van der Waals surface area contributed by atoms with Crippen molar-refractivity contribution in [3.8, 4) is 39.7 Å². The Labute approximate surface area is 264 Å². The second-order valence-electron chi connectivity index (χ2n) is 11.4. The smallest absolute Gasteiger partial charge is 0.159 e. The number of imidazole rings is 1. The summed E-state index contributed by atoms with van der Waals surface area (Å²) >= 11 is 0. The number of H-pyrrole nitrogens is 2. The fraction of sp³-hybridized carbons (Fsp3) is 0.171. The van der Waals surface area contributed by atoms with Crippen molar-refractivity contribution in [3.05, 3.63) is 109 Å².